The molecule has 0 aromatic heterocycles. The Kier molecular flexibility index (Phi) is 4.86. The van der Waals surface area contributed by atoms with Gasteiger partial charge < -0.3 is 10.1 Å². The van der Waals surface area contributed by atoms with Crippen LogP contribution in [0.3, 0.4) is 0 Å². The Morgan fingerprint density at radius 3 is 2.43 bits per heavy atom. The zero-order valence-electron chi connectivity index (χ0n) is 12.3. The van der Waals surface area contributed by atoms with Crippen molar-refractivity contribution < 1.29 is 9.53 Å². The normalized spacial score (nSPS) is 11.8. The first-order chi connectivity index (χ1) is 9.94. The van der Waals surface area contributed by atoms with Crippen LogP contribution in [0.1, 0.15) is 18.1 Å². The van der Waals surface area contributed by atoms with Gasteiger partial charge in [0, 0.05) is 10.7 Å². The highest BCUT2D eigenvalue weighted by Gasteiger charge is 2.15. The summed E-state index contributed by atoms with van der Waals surface area (Å²) < 4.78 is 5.70. The van der Waals surface area contributed by atoms with Crippen LogP contribution < -0.4 is 10.1 Å². The van der Waals surface area contributed by atoms with E-state index in [2.05, 4.69) is 11.4 Å². The molecule has 21 heavy (non-hydrogen) atoms. The van der Waals surface area contributed by atoms with Crippen molar-refractivity contribution in [3.8, 4) is 5.75 Å². The minimum Gasteiger partial charge on any atom is -0.481 e. The fourth-order valence-corrected chi connectivity index (χ4v) is 2.26. The highest BCUT2D eigenvalue weighted by molar-refractivity contribution is 6.30. The molecule has 4 heteroatoms. The predicted molar refractivity (Wildman–Crippen MR) is 86.1 cm³/mol. The average Bonchev–Trinajstić information content (AvgIpc) is 2.37. The standard InChI is InChI=1S/C17H18ClNO2/c1-11-7-12(2)9-16(8-11)21-13(3)17(20)19-15-6-4-5-14(18)10-15/h4-10,13H,1-3H3,(H,19,20). The quantitative estimate of drug-likeness (QED) is 0.911. The molecule has 0 fully saturated rings. The molecule has 0 aliphatic carbocycles. The lowest BCUT2D eigenvalue weighted by Crippen LogP contribution is -2.30. The summed E-state index contributed by atoms with van der Waals surface area (Å²) >= 11 is 5.89. The summed E-state index contributed by atoms with van der Waals surface area (Å²) in [7, 11) is 0. The van der Waals surface area contributed by atoms with E-state index < -0.39 is 6.10 Å². The number of halogens is 1. The Balaban J connectivity index is 2.02. The third-order valence-electron chi connectivity index (χ3n) is 2.97. The Hall–Kier alpha value is -2.00. The number of aryl methyl sites for hydroxylation is 2. The van der Waals surface area contributed by atoms with Crippen LogP contribution in [0.4, 0.5) is 5.69 Å². The van der Waals surface area contributed by atoms with Gasteiger partial charge in [0.25, 0.3) is 5.91 Å². The number of nitrogens with one attached hydrogen (secondary N) is 1. The van der Waals surface area contributed by atoms with Crippen molar-refractivity contribution in [1.82, 2.24) is 0 Å². The number of ether oxygens (including phenoxy) is 1. The first kappa shape index (κ1) is 15.4. The molecule has 2 aromatic carbocycles. The first-order valence-electron chi connectivity index (χ1n) is 6.75. The number of amides is 1. The molecule has 0 aliphatic heterocycles. The van der Waals surface area contributed by atoms with Crippen molar-refractivity contribution >= 4 is 23.2 Å². The van der Waals surface area contributed by atoms with Gasteiger partial charge in [-0.2, -0.15) is 0 Å². The van der Waals surface area contributed by atoms with Gasteiger partial charge >= 0.3 is 0 Å². The Bertz CT molecular complexity index is 635. The van der Waals surface area contributed by atoms with Crippen LogP contribution in [0.25, 0.3) is 0 Å². The van der Waals surface area contributed by atoms with E-state index in [-0.39, 0.29) is 5.91 Å². The third-order valence-corrected chi connectivity index (χ3v) is 3.20. The van der Waals surface area contributed by atoms with Crippen molar-refractivity contribution in [1.29, 1.82) is 0 Å². The summed E-state index contributed by atoms with van der Waals surface area (Å²) in [4.78, 5) is 12.1. The van der Waals surface area contributed by atoms with Gasteiger partial charge in [-0.3, -0.25) is 4.79 Å². The van der Waals surface area contributed by atoms with E-state index >= 15 is 0 Å². The van der Waals surface area contributed by atoms with Gasteiger partial charge in [0.2, 0.25) is 0 Å². The highest BCUT2D eigenvalue weighted by atomic mass is 35.5. The van der Waals surface area contributed by atoms with E-state index in [1.165, 1.54) is 0 Å². The zero-order valence-corrected chi connectivity index (χ0v) is 13.1. The van der Waals surface area contributed by atoms with E-state index in [4.69, 9.17) is 16.3 Å². The summed E-state index contributed by atoms with van der Waals surface area (Å²) in [5, 5.41) is 3.36. The molecule has 0 aliphatic rings. The maximum Gasteiger partial charge on any atom is 0.265 e. The lowest BCUT2D eigenvalue weighted by atomic mass is 10.1. The van der Waals surface area contributed by atoms with Crippen LogP contribution in [0.15, 0.2) is 42.5 Å². The van der Waals surface area contributed by atoms with Gasteiger partial charge in [-0.25, -0.2) is 0 Å². The zero-order chi connectivity index (χ0) is 15.4. The second-order valence-electron chi connectivity index (χ2n) is 5.08. The van der Waals surface area contributed by atoms with Crippen LogP contribution >= 0.6 is 11.6 Å². The highest BCUT2D eigenvalue weighted by Crippen LogP contribution is 2.19. The van der Waals surface area contributed by atoms with Gasteiger partial charge in [-0.15, -0.1) is 0 Å². The van der Waals surface area contributed by atoms with Crippen molar-refractivity contribution in [3.05, 3.63) is 58.6 Å². The SMILES string of the molecule is Cc1cc(C)cc(OC(C)C(=O)Nc2cccc(Cl)c2)c1. The molecule has 1 N–H and O–H groups in total. The fraction of sp³-hybridized carbons (Fsp3) is 0.235. The van der Waals surface area contributed by atoms with Crippen LogP contribution in [0.2, 0.25) is 5.02 Å². The molecular formula is C17H18ClNO2. The van der Waals surface area contributed by atoms with Crippen LogP contribution in [-0.4, -0.2) is 12.0 Å². The topological polar surface area (TPSA) is 38.3 Å². The van der Waals surface area contributed by atoms with E-state index in [1.54, 1.807) is 31.2 Å². The second kappa shape index (κ2) is 6.64. The van der Waals surface area contributed by atoms with Gasteiger partial charge in [0.05, 0.1) is 0 Å². The van der Waals surface area contributed by atoms with Gasteiger partial charge in [0.1, 0.15) is 5.75 Å². The van der Waals surface area contributed by atoms with Crippen molar-refractivity contribution in [2.75, 3.05) is 5.32 Å². The van der Waals surface area contributed by atoms with Crippen LogP contribution in [-0.2, 0) is 4.79 Å². The molecule has 110 valence electrons. The molecule has 2 aromatic rings. The number of anilines is 1. The van der Waals surface area contributed by atoms with Crippen molar-refractivity contribution in [2.24, 2.45) is 0 Å². The molecular weight excluding hydrogens is 286 g/mol. The lowest BCUT2D eigenvalue weighted by Gasteiger charge is -2.15. The van der Waals surface area contributed by atoms with Gasteiger partial charge in [0.15, 0.2) is 6.10 Å². The number of carbonyl (C=O) groups is 1. The molecule has 0 spiro atoms. The summed E-state index contributed by atoms with van der Waals surface area (Å²) in [6.07, 6.45) is -0.592. The number of hydrogen-bond acceptors (Lipinski definition) is 2. The van der Waals surface area contributed by atoms with Crippen LogP contribution in [0, 0.1) is 13.8 Å². The van der Waals surface area contributed by atoms with Gasteiger partial charge in [-0.1, -0.05) is 23.7 Å². The molecule has 1 amide bonds. The van der Waals surface area contributed by atoms with E-state index in [0.717, 1.165) is 11.1 Å². The molecule has 2 rings (SSSR count). The van der Waals surface area contributed by atoms with Crippen LogP contribution in [0.5, 0.6) is 5.75 Å². The van der Waals surface area contributed by atoms with E-state index in [9.17, 15) is 4.79 Å². The average molecular weight is 304 g/mol. The molecule has 0 bridgehead atoms. The Morgan fingerprint density at radius 2 is 1.81 bits per heavy atom. The molecule has 1 unspecified atom stereocenters. The number of rotatable bonds is 4. The molecule has 0 radical (unpaired) electrons. The number of hydrogen-bond donors (Lipinski definition) is 1. The second-order valence-corrected chi connectivity index (χ2v) is 5.52. The monoisotopic (exact) mass is 303 g/mol. The number of benzene rings is 2. The largest absolute Gasteiger partial charge is 0.481 e. The predicted octanol–water partition coefficient (Wildman–Crippen LogP) is 4.36. The first-order valence-corrected chi connectivity index (χ1v) is 7.13. The fourth-order valence-electron chi connectivity index (χ4n) is 2.07. The summed E-state index contributed by atoms with van der Waals surface area (Å²) in [5.74, 6) is 0.484. The summed E-state index contributed by atoms with van der Waals surface area (Å²) in [6.45, 7) is 5.71. The molecule has 0 saturated heterocycles. The third kappa shape index (κ3) is 4.50. The lowest BCUT2D eigenvalue weighted by molar-refractivity contribution is -0.122. The maximum absolute atomic E-state index is 12.1. The molecule has 0 heterocycles. The van der Waals surface area contributed by atoms with E-state index in [1.807, 2.05) is 26.0 Å². The van der Waals surface area contributed by atoms with Crippen molar-refractivity contribution in [3.63, 3.8) is 0 Å². The van der Waals surface area contributed by atoms with Gasteiger partial charge in [-0.05, 0) is 62.2 Å². The summed E-state index contributed by atoms with van der Waals surface area (Å²) in [6, 6.07) is 12.9. The summed E-state index contributed by atoms with van der Waals surface area (Å²) in [5.41, 5.74) is 2.86. The molecule has 1 atom stereocenters. The smallest absolute Gasteiger partial charge is 0.265 e. The Morgan fingerprint density at radius 1 is 1.14 bits per heavy atom. The minimum absolute atomic E-state index is 0.212. The van der Waals surface area contributed by atoms with E-state index in [0.29, 0.717) is 16.5 Å². The van der Waals surface area contributed by atoms with Crippen molar-refractivity contribution in [2.45, 2.75) is 26.9 Å². The molecule has 3 nitrogen and oxygen atoms in total. The number of carbonyl (C=O) groups excluding carboxylic acids is 1. The Labute approximate surface area is 129 Å². The maximum atomic E-state index is 12.1. The molecule has 0 saturated carbocycles. The minimum atomic E-state index is -0.592.